The molecule has 2 aromatic rings. The summed E-state index contributed by atoms with van der Waals surface area (Å²) in [5, 5.41) is 3.16. The number of ether oxygens (including phenoxy) is 1. The van der Waals surface area contributed by atoms with Crippen molar-refractivity contribution in [2.75, 3.05) is 19.0 Å². The Hall–Kier alpha value is -2.49. The predicted molar refractivity (Wildman–Crippen MR) is 101 cm³/mol. The quantitative estimate of drug-likeness (QED) is 0.858. The number of carbonyl (C=O) groups is 1. The van der Waals surface area contributed by atoms with Crippen LogP contribution in [0.25, 0.3) is 0 Å². The second kappa shape index (κ2) is 7.60. The summed E-state index contributed by atoms with van der Waals surface area (Å²) in [4.78, 5) is 14.9. The molecule has 0 aromatic heterocycles. The third kappa shape index (κ3) is 3.63. The van der Waals surface area contributed by atoms with Crippen LogP contribution in [0.4, 0.5) is 10.5 Å². The van der Waals surface area contributed by atoms with Crippen LogP contribution >= 0.6 is 0 Å². The summed E-state index contributed by atoms with van der Waals surface area (Å²) in [6.45, 7) is 4.94. The van der Waals surface area contributed by atoms with E-state index >= 15 is 0 Å². The fraction of sp³-hybridized carbons (Fsp3) is 0.381. The zero-order valence-corrected chi connectivity index (χ0v) is 15.2. The first-order valence-corrected chi connectivity index (χ1v) is 8.94. The van der Waals surface area contributed by atoms with Crippen LogP contribution in [-0.2, 0) is 6.42 Å². The first kappa shape index (κ1) is 17.3. The summed E-state index contributed by atoms with van der Waals surface area (Å²) in [7, 11) is 1.66. The van der Waals surface area contributed by atoms with E-state index in [1.165, 1.54) is 5.56 Å². The Kier molecular flexibility index (Phi) is 5.27. The fourth-order valence-corrected chi connectivity index (χ4v) is 3.56. The molecule has 0 saturated carbocycles. The van der Waals surface area contributed by atoms with E-state index in [1.54, 1.807) is 7.11 Å². The van der Waals surface area contributed by atoms with Gasteiger partial charge < -0.3 is 15.0 Å². The van der Waals surface area contributed by atoms with Crippen LogP contribution in [0.5, 0.6) is 5.75 Å². The van der Waals surface area contributed by atoms with Gasteiger partial charge in [0.1, 0.15) is 5.75 Å². The highest BCUT2D eigenvalue weighted by Gasteiger charge is 2.30. The monoisotopic (exact) mass is 338 g/mol. The van der Waals surface area contributed by atoms with E-state index in [1.807, 2.05) is 36.1 Å². The average Bonchev–Trinajstić information content (AvgIpc) is 3.13. The molecule has 1 unspecified atom stereocenters. The normalized spacial score (nSPS) is 16.8. The number of amides is 2. The average molecular weight is 338 g/mol. The third-order valence-electron chi connectivity index (χ3n) is 4.99. The van der Waals surface area contributed by atoms with Gasteiger partial charge in [0.15, 0.2) is 0 Å². The molecule has 1 saturated heterocycles. The largest absolute Gasteiger partial charge is 0.497 e. The van der Waals surface area contributed by atoms with Gasteiger partial charge in [-0.1, -0.05) is 37.3 Å². The van der Waals surface area contributed by atoms with Crippen molar-refractivity contribution in [1.29, 1.82) is 0 Å². The zero-order valence-electron chi connectivity index (χ0n) is 15.2. The van der Waals surface area contributed by atoms with E-state index in [9.17, 15) is 4.79 Å². The predicted octanol–water partition coefficient (Wildman–Crippen LogP) is 4.94. The molecule has 4 heteroatoms. The number of methoxy groups -OCH3 is 1. The molecule has 0 radical (unpaired) electrons. The van der Waals surface area contributed by atoms with Gasteiger partial charge in [-0.15, -0.1) is 0 Å². The number of carbonyl (C=O) groups excluding carboxylic acids is 1. The number of aryl methyl sites for hydroxylation is 2. The van der Waals surface area contributed by atoms with Crippen LogP contribution in [0.2, 0.25) is 0 Å². The molecule has 1 aliphatic heterocycles. The van der Waals surface area contributed by atoms with Gasteiger partial charge in [-0.05, 0) is 55.0 Å². The minimum Gasteiger partial charge on any atom is -0.497 e. The Balaban J connectivity index is 1.79. The molecule has 0 bridgehead atoms. The lowest BCUT2D eigenvalue weighted by Crippen LogP contribution is -2.34. The summed E-state index contributed by atoms with van der Waals surface area (Å²) in [5.41, 5.74) is 4.39. The molecule has 1 N–H and O–H groups in total. The number of hydrogen-bond donors (Lipinski definition) is 1. The van der Waals surface area contributed by atoms with Gasteiger partial charge in [0.25, 0.3) is 0 Å². The Morgan fingerprint density at radius 1 is 1.24 bits per heavy atom. The molecule has 1 heterocycles. The topological polar surface area (TPSA) is 41.6 Å². The molecule has 2 amide bonds. The van der Waals surface area contributed by atoms with Crippen molar-refractivity contribution in [3.05, 3.63) is 59.2 Å². The van der Waals surface area contributed by atoms with Gasteiger partial charge in [0.2, 0.25) is 0 Å². The van der Waals surface area contributed by atoms with Gasteiger partial charge in [0.05, 0.1) is 13.2 Å². The van der Waals surface area contributed by atoms with Crippen LogP contribution in [0, 0.1) is 6.92 Å². The molecule has 25 heavy (non-hydrogen) atoms. The highest BCUT2D eigenvalue weighted by Crippen LogP contribution is 2.33. The highest BCUT2D eigenvalue weighted by atomic mass is 16.5. The second-order valence-electron chi connectivity index (χ2n) is 6.52. The third-order valence-corrected chi connectivity index (χ3v) is 4.99. The maximum absolute atomic E-state index is 12.9. The number of rotatable bonds is 4. The molecule has 4 nitrogen and oxygen atoms in total. The van der Waals surface area contributed by atoms with Crippen LogP contribution < -0.4 is 10.1 Å². The summed E-state index contributed by atoms with van der Waals surface area (Å²) < 4.78 is 5.23. The molecule has 1 fully saturated rings. The number of urea groups is 1. The Morgan fingerprint density at radius 3 is 2.68 bits per heavy atom. The van der Waals surface area contributed by atoms with Crippen molar-refractivity contribution in [2.24, 2.45) is 0 Å². The van der Waals surface area contributed by atoms with Crippen molar-refractivity contribution in [3.8, 4) is 5.75 Å². The molecule has 1 aliphatic rings. The summed E-state index contributed by atoms with van der Waals surface area (Å²) in [6, 6.07) is 14.3. The molecule has 1 atom stereocenters. The number of hydrogen-bond acceptors (Lipinski definition) is 2. The number of para-hydroxylation sites is 1. The lowest BCUT2D eigenvalue weighted by atomic mass is 10.0. The number of anilines is 1. The van der Waals surface area contributed by atoms with Gasteiger partial charge in [-0.2, -0.15) is 0 Å². The Labute approximate surface area is 149 Å². The maximum atomic E-state index is 12.9. The Morgan fingerprint density at radius 2 is 2.00 bits per heavy atom. The molecule has 0 spiro atoms. The first-order valence-electron chi connectivity index (χ1n) is 8.94. The lowest BCUT2D eigenvalue weighted by Gasteiger charge is -2.26. The molecule has 2 aromatic carbocycles. The smallest absolute Gasteiger partial charge is 0.322 e. The Bertz CT molecular complexity index is 740. The number of nitrogens with zero attached hydrogens (tertiary/aromatic N) is 1. The van der Waals surface area contributed by atoms with E-state index in [2.05, 4.69) is 30.4 Å². The van der Waals surface area contributed by atoms with Gasteiger partial charge in [-0.25, -0.2) is 4.79 Å². The minimum atomic E-state index is -0.0117. The number of benzene rings is 2. The van der Waals surface area contributed by atoms with Crippen molar-refractivity contribution >= 4 is 11.7 Å². The van der Waals surface area contributed by atoms with E-state index in [-0.39, 0.29) is 12.1 Å². The van der Waals surface area contributed by atoms with Gasteiger partial charge in [-0.3, -0.25) is 0 Å². The fourth-order valence-electron chi connectivity index (χ4n) is 3.56. The van der Waals surface area contributed by atoms with Gasteiger partial charge >= 0.3 is 6.03 Å². The molecule has 132 valence electrons. The molecular formula is C21H26N2O2. The van der Waals surface area contributed by atoms with Crippen LogP contribution in [0.15, 0.2) is 42.5 Å². The van der Waals surface area contributed by atoms with Crippen molar-refractivity contribution in [3.63, 3.8) is 0 Å². The highest BCUT2D eigenvalue weighted by molar-refractivity contribution is 5.91. The van der Waals surface area contributed by atoms with E-state index in [0.29, 0.717) is 0 Å². The van der Waals surface area contributed by atoms with Crippen LogP contribution in [-0.4, -0.2) is 24.6 Å². The molecule has 0 aliphatic carbocycles. The van der Waals surface area contributed by atoms with Crippen LogP contribution in [0.1, 0.15) is 42.5 Å². The maximum Gasteiger partial charge on any atom is 0.322 e. The number of likely N-dealkylation sites (tertiary alicyclic amines) is 1. The van der Waals surface area contributed by atoms with Crippen molar-refractivity contribution < 1.29 is 9.53 Å². The van der Waals surface area contributed by atoms with E-state index in [0.717, 1.165) is 48.4 Å². The summed E-state index contributed by atoms with van der Waals surface area (Å²) >= 11 is 0. The number of nitrogens with one attached hydrogen (secondary N) is 1. The summed E-state index contributed by atoms with van der Waals surface area (Å²) in [6.07, 6.45) is 2.92. The minimum absolute atomic E-state index is 0.0117. The van der Waals surface area contributed by atoms with Crippen molar-refractivity contribution in [2.45, 2.75) is 39.2 Å². The first-order chi connectivity index (χ1) is 12.1. The van der Waals surface area contributed by atoms with E-state index < -0.39 is 0 Å². The van der Waals surface area contributed by atoms with Crippen molar-refractivity contribution in [1.82, 2.24) is 4.90 Å². The van der Waals surface area contributed by atoms with Gasteiger partial charge in [0, 0.05) is 12.2 Å². The SMILES string of the molecule is CCc1cccc(C)c1NC(=O)N1CCCC1c1ccc(OC)cc1. The zero-order chi connectivity index (χ0) is 17.8. The standard InChI is InChI=1S/C21H26N2O2/c1-4-16-8-5-7-15(2)20(16)22-21(24)23-14-6-9-19(23)17-10-12-18(25-3)13-11-17/h5,7-8,10-13,19H,4,6,9,14H2,1-3H3,(H,22,24). The molecular weight excluding hydrogens is 312 g/mol. The lowest BCUT2D eigenvalue weighted by molar-refractivity contribution is 0.207. The molecule has 3 rings (SSSR count). The summed E-state index contributed by atoms with van der Waals surface area (Å²) in [5.74, 6) is 0.838. The van der Waals surface area contributed by atoms with Crippen LogP contribution in [0.3, 0.4) is 0 Å². The van der Waals surface area contributed by atoms with E-state index in [4.69, 9.17) is 4.74 Å². The second-order valence-corrected chi connectivity index (χ2v) is 6.52.